The van der Waals surface area contributed by atoms with Crippen LogP contribution in [0.15, 0.2) is 72.8 Å². The Labute approximate surface area is 429 Å². The number of para-hydroxylation sites is 3. The summed E-state index contributed by atoms with van der Waals surface area (Å²) in [4.78, 5) is 0. The molecule has 3 aliphatic heterocycles. The largest absolute Gasteiger partial charge is 3.00 e. The van der Waals surface area contributed by atoms with Gasteiger partial charge in [0.2, 0.25) is 0 Å². The molecule has 3 heterocycles. The van der Waals surface area contributed by atoms with Crippen LogP contribution in [0.2, 0.25) is 0 Å². The molecule has 66 heavy (non-hydrogen) atoms. The summed E-state index contributed by atoms with van der Waals surface area (Å²) in [5.41, 5.74) is 26.7. The molecule has 0 bridgehead atoms. The first-order valence-electron chi connectivity index (χ1n) is 21.2. The van der Waals surface area contributed by atoms with Gasteiger partial charge in [0, 0.05) is 99.6 Å². The third-order valence-electron chi connectivity index (χ3n) is 7.09. The molecule has 0 amide bonds. The Hall–Kier alpha value is -0.841. The molecular weight excluding hydrogens is 1080 g/mol. The summed E-state index contributed by atoms with van der Waals surface area (Å²) >= 11 is 0. The van der Waals surface area contributed by atoms with Gasteiger partial charge in [-0.25, -0.2) is 0 Å². The molecule has 3 saturated heterocycles. The Kier molecular flexibility index (Phi) is 44.7. The first kappa shape index (κ1) is 74.1. The van der Waals surface area contributed by atoms with Crippen LogP contribution in [-0.4, -0.2) is 119 Å². The molecule has 0 spiro atoms. The van der Waals surface area contributed by atoms with Crippen LogP contribution in [0, 0.1) is 5.41 Å². The van der Waals surface area contributed by atoms with Crippen LogP contribution in [0.25, 0.3) is 33.2 Å². The molecule has 388 valence electrons. The second kappa shape index (κ2) is 39.8. The van der Waals surface area contributed by atoms with Crippen molar-refractivity contribution in [3.8, 4) is 0 Å². The number of rotatable bonds is 9. The summed E-state index contributed by atoms with van der Waals surface area (Å²) in [7, 11) is -10.3. The molecule has 0 saturated carbocycles. The number of hydrogen-bond acceptors (Lipinski definition) is 3. The number of benzene rings is 3. The summed E-state index contributed by atoms with van der Waals surface area (Å²) in [6.07, 6.45) is 7.67. The van der Waals surface area contributed by atoms with E-state index in [-0.39, 0.29) is 74.1 Å². The van der Waals surface area contributed by atoms with Crippen LogP contribution < -0.4 is 0 Å². The molecule has 0 atom stereocenters. The third kappa shape index (κ3) is 57.5. The monoisotopic (exact) mass is 1150 g/mol. The maximum Gasteiger partial charge on any atom is 3.00 e. The van der Waals surface area contributed by atoms with Gasteiger partial charge >= 0.3 is 83.3 Å². The van der Waals surface area contributed by atoms with E-state index in [1.165, 1.54) is 38.5 Å². The van der Waals surface area contributed by atoms with Crippen LogP contribution in [0.4, 0.5) is 59.3 Å². The molecular formula is C44H78Co3F6N6O3P4+3. The Morgan fingerprint density at radius 3 is 0.758 bits per heavy atom. The third-order valence-corrected chi connectivity index (χ3v) is 7.09. The molecule has 0 aliphatic carbocycles. The van der Waals surface area contributed by atoms with Crippen LogP contribution in [-0.2, 0) is 64.5 Å². The number of nitrogens with one attached hydrogen (secondary N) is 3. The van der Waals surface area contributed by atoms with Gasteiger partial charge in [-0.1, -0.05) is 85.1 Å². The van der Waals surface area contributed by atoms with Crippen molar-refractivity contribution in [1.82, 2.24) is 0 Å². The molecule has 3 N–H and O–H groups in total. The van der Waals surface area contributed by atoms with Crippen molar-refractivity contribution in [3.05, 3.63) is 106 Å². The fourth-order valence-electron chi connectivity index (χ4n) is 4.34. The number of nitrogens with zero attached hydrogens (tertiary/aromatic N) is 3. The van der Waals surface area contributed by atoms with Gasteiger partial charge in [0.05, 0.1) is 0 Å². The van der Waals surface area contributed by atoms with E-state index in [0.29, 0.717) is 53.8 Å². The first-order valence-corrected chi connectivity index (χ1v) is 32.2. The van der Waals surface area contributed by atoms with Crippen LogP contribution in [0.1, 0.15) is 45.4 Å². The normalized spacial score (nSPS) is 14.4. The average Bonchev–Trinajstić information content (AvgIpc) is 4.01. The Morgan fingerprint density at radius 2 is 0.621 bits per heavy atom. The van der Waals surface area contributed by atoms with Crippen molar-refractivity contribution >= 4 is 65.7 Å². The topological polar surface area (TPSA) is 141 Å². The molecule has 22 heteroatoms. The van der Waals surface area contributed by atoms with Crippen molar-refractivity contribution < 1.29 is 89.7 Å². The van der Waals surface area contributed by atoms with E-state index in [4.69, 9.17) is 31.4 Å². The summed E-state index contributed by atoms with van der Waals surface area (Å²) < 4.78 is 74.0. The maximum atomic E-state index is 9.87. The molecule has 3 aromatic carbocycles. The molecule has 9 nitrogen and oxygen atoms in total. The number of hydrogen-bond donors (Lipinski definition) is 0. The van der Waals surface area contributed by atoms with E-state index in [0.717, 1.165) is 39.6 Å². The second-order valence-corrected chi connectivity index (χ2v) is 27.6. The predicted molar refractivity (Wildman–Crippen MR) is 275 cm³/mol. The van der Waals surface area contributed by atoms with Crippen molar-refractivity contribution in [2.45, 2.75) is 45.4 Å². The summed E-state index contributed by atoms with van der Waals surface area (Å²) in [5.74, 6) is 0. The smallest absolute Gasteiger partial charge is 2.00 e. The van der Waals surface area contributed by atoms with Crippen molar-refractivity contribution in [1.29, 1.82) is 0 Å². The maximum absolute atomic E-state index is 10.7. The first-order chi connectivity index (χ1) is 29.1. The minimum absolute atomic E-state index is 0. The Morgan fingerprint density at radius 1 is 0.455 bits per heavy atom. The van der Waals surface area contributed by atoms with Gasteiger partial charge in [-0.15, -0.1) is 19.6 Å². The zero-order chi connectivity index (χ0) is 48.4. The molecule has 2 radical (unpaired) electrons. The zero-order valence-corrected chi connectivity index (χ0v) is 47.3. The molecule has 3 aromatic rings. The quantitative estimate of drug-likeness (QED) is 0.156. The minimum Gasteiger partial charge on any atom is 2.00 e. The molecule has 0 aromatic heterocycles. The van der Waals surface area contributed by atoms with Crippen molar-refractivity contribution in [2.24, 2.45) is 5.41 Å². The molecule has 6 rings (SSSR count). The number of ether oxygens (including phenoxy) is 3. The SMILES string of the molecule is C1CCOC1.C1CCOC1.C1CCOC1.CC(C[N-]c1ccccc1[NH-])(C[N-]c1ccccc1[NH-])C[N-]c1ccccc1[NH-].C[PH+](C)C.C[PH+](C)C.C[PH+](C)C.F[P-](F)(F)(F)(F)F.[Co+2].[Co+2].[Co+3]. The van der Waals surface area contributed by atoms with E-state index < -0.39 is 13.2 Å². The van der Waals surface area contributed by atoms with Crippen LogP contribution >= 0.6 is 31.6 Å². The van der Waals surface area contributed by atoms with E-state index >= 15 is 0 Å². The Bertz CT molecular complexity index is 1390. The molecule has 3 aliphatic rings. The van der Waals surface area contributed by atoms with Gasteiger partial charge in [0.25, 0.3) is 0 Å². The summed E-state index contributed by atoms with van der Waals surface area (Å²) in [6, 6.07) is 21.7. The Balaban J connectivity index is -0.000000271. The van der Waals surface area contributed by atoms with Gasteiger partial charge < -0.3 is 47.4 Å². The van der Waals surface area contributed by atoms with E-state index in [1.807, 2.05) is 54.6 Å². The summed E-state index contributed by atoms with van der Waals surface area (Å²) in [6.45, 7) is 29.8. The fraction of sp³-hybridized carbons (Fsp3) is 0.591. The van der Waals surface area contributed by atoms with Gasteiger partial charge in [-0.3, -0.25) is 0 Å². The molecule has 0 unspecified atom stereocenters. The van der Waals surface area contributed by atoms with Crippen LogP contribution in [0.5, 0.6) is 0 Å². The van der Waals surface area contributed by atoms with Crippen LogP contribution in [0.3, 0.4) is 0 Å². The van der Waals surface area contributed by atoms with E-state index in [9.17, 15) is 25.2 Å². The zero-order valence-electron chi connectivity index (χ0n) is 40.3. The average molecular weight is 1150 g/mol. The van der Waals surface area contributed by atoms with Gasteiger partial charge in [0.1, 0.15) is 0 Å². The van der Waals surface area contributed by atoms with Gasteiger partial charge in [-0.05, 0) is 62.3 Å². The van der Waals surface area contributed by atoms with Gasteiger partial charge in [-0.2, -0.15) is 34.1 Å². The molecule has 3 fully saturated rings. The van der Waals surface area contributed by atoms with E-state index in [1.54, 1.807) is 18.2 Å². The van der Waals surface area contributed by atoms with E-state index in [2.05, 4.69) is 82.9 Å². The predicted octanol–water partition coefficient (Wildman–Crippen LogP) is 18.2. The van der Waals surface area contributed by atoms with Crippen molar-refractivity contribution in [3.63, 3.8) is 0 Å². The van der Waals surface area contributed by atoms with Crippen molar-refractivity contribution in [2.75, 3.05) is 119 Å². The number of halogens is 6. The van der Waals surface area contributed by atoms with Gasteiger partial charge in [0.15, 0.2) is 0 Å². The summed E-state index contributed by atoms with van der Waals surface area (Å²) in [5, 5.41) is 13.9. The fourth-order valence-corrected chi connectivity index (χ4v) is 4.34. The second-order valence-electron chi connectivity index (χ2n) is 16.7. The minimum atomic E-state index is -10.7. The standard InChI is InChI=1S/C23H24N6.3C4H8O.3C3H9P.3Co.F6P/c1-23(14-27-20-11-5-2-8-17(20)24,15-28-21-12-6-3-9-18(21)25)16-29-22-13-7-4-10-19(22)26;3*1-2-4-5-3-1;3*1-4(2)3;;;;1-7(2,3,4,5)6/h2-13,24-26H,14-16H2,1H3;3*1-4H2;3*1-3H3;;;;/q-6;;;;;;;2*+2;+3;-1/p+3.